The molecule has 0 spiro atoms. The zero-order valence-corrected chi connectivity index (χ0v) is 35.0. The van der Waals surface area contributed by atoms with Gasteiger partial charge in [-0.3, -0.25) is 9.59 Å². The number of ether oxygens (including phenoxy) is 2. The molecule has 2 saturated heterocycles. The molecule has 6 rings (SSSR count). The Hall–Kier alpha value is -4.82. The van der Waals surface area contributed by atoms with Gasteiger partial charge < -0.3 is 29.9 Å². The van der Waals surface area contributed by atoms with Gasteiger partial charge in [-0.25, -0.2) is 19.6 Å². The van der Waals surface area contributed by atoms with Gasteiger partial charge in [0.25, 0.3) is 0 Å². The van der Waals surface area contributed by atoms with E-state index < -0.39 is 35.1 Å². The lowest BCUT2D eigenvalue weighted by molar-refractivity contribution is -0.137. The molecule has 0 unspecified atom stereocenters. The smallest absolute Gasteiger partial charge is 0.407 e. The van der Waals surface area contributed by atoms with Crippen LogP contribution in [0.4, 0.5) is 9.59 Å². The van der Waals surface area contributed by atoms with Crippen molar-refractivity contribution < 1.29 is 28.7 Å². The Labute approximate surface area is 337 Å². The normalized spacial score (nSPS) is 18.4. The number of nitrogens with zero attached hydrogens (tertiary/aromatic N) is 4. The largest absolute Gasteiger partial charge is 0.453 e. The first-order chi connectivity index (χ1) is 26.6. The van der Waals surface area contributed by atoms with Crippen LogP contribution < -0.4 is 10.6 Å². The van der Waals surface area contributed by atoms with Crippen molar-refractivity contribution in [2.45, 2.75) is 91.4 Å². The second-order valence-corrected chi connectivity index (χ2v) is 18.7. The van der Waals surface area contributed by atoms with Gasteiger partial charge in [-0.15, -0.1) is 22.7 Å². The Morgan fingerprint density at radius 3 is 1.29 bits per heavy atom. The molecule has 0 radical (unpaired) electrons. The van der Waals surface area contributed by atoms with Crippen LogP contribution in [0.1, 0.15) is 89.3 Å². The van der Waals surface area contributed by atoms with E-state index in [1.807, 2.05) is 63.7 Å². The zero-order chi connectivity index (χ0) is 40.4. The molecule has 2 N–H and O–H groups in total. The van der Waals surface area contributed by atoms with E-state index >= 15 is 0 Å². The van der Waals surface area contributed by atoms with Crippen LogP contribution in [0.15, 0.2) is 60.9 Å². The summed E-state index contributed by atoms with van der Waals surface area (Å²) in [5, 5.41) is 7.27. The highest BCUT2D eigenvalue weighted by molar-refractivity contribution is 7.15. The molecule has 2 aromatic heterocycles. The molecule has 0 aliphatic carbocycles. The number of alkyl carbamates (subject to hydrolysis) is 2. The third kappa shape index (κ3) is 8.91. The van der Waals surface area contributed by atoms with E-state index in [0.717, 1.165) is 67.7 Å². The van der Waals surface area contributed by atoms with Crippen molar-refractivity contribution in [2.75, 3.05) is 27.3 Å². The van der Waals surface area contributed by atoms with Crippen molar-refractivity contribution in [3.05, 3.63) is 70.9 Å². The van der Waals surface area contributed by atoms with Crippen LogP contribution in [0.5, 0.6) is 0 Å². The van der Waals surface area contributed by atoms with Crippen molar-refractivity contribution in [1.29, 1.82) is 0 Å². The number of carbonyl (C=O) groups excluding carboxylic acids is 4. The van der Waals surface area contributed by atoms with Gasteiger partial charge in [-0.1, -0.05) is 90.1 Å². The minimum atomic E-state index is -0.720. The zero-order valence-electron chi connectivity index (χ0n) is 33.4. The SMILES string of the molecule is COC(=O)N[C@H](C(=O)N1CCC[C@H]1c1ncc(-c2ccc(-c3ccc(-c4cnc([C@@H]5CCCN5C(=O)[C@@H](NC(=O)OC)C(C)(C)C)s4)cc3)cc2)s1)C(C)(C)C. The molecular formula is C42H52N6O6S2. The van der Waals surface area contributed by atoms with Crippen LogP contribution in [-0.2, 0) is 19.1 Å². The molecule has 2 aromatic carbocycles. The molecule has 12 nitrogen and oxygen atoms in total. The number of rotatable bonds is 9. The number of amides is 4. The van der Waals surface area contributed by atoms with Crippen LogP contribution in [0.25, 0.3) is 32.0 Å². The molecule has 0 saturated carbocycles. The maximum atomic E-state index is 13.8. The summed E-state index contributed by atoms with van der Waals surface area (Å²) in [5.74, 6) is -0.247. The first kappa shape index (κ1) is 40.8. The van der Waals surface area contributed by atoms with E-state index in [9.17, 15) is 19.2 Å². The minimum Gasteiger partial charge on any atom is -0.453 e. The van der Waals surface area contributed by atoms with E-state index in [0.29, 0.717) is 13.1 Å². The Morgan fingerprint density at radius 1 is 0.625 bits per heavy atom. The van der Waals surface area contributed by atoms with E-state index in [2.05, 4.69) is 59.2 Å². The summed E-state index contributed by atoms with van der Waals surface area (Å²) >= 11 is 3.19. The molecule has 14 heteroatoms. The fraction of sp³-hybridized carbons (Fsp3) is 0.476. The second kappa shape index (κ2) is 16.7. The maximum Gasteiger partial charge on any atom is 0.407 e. The maximum absolute atomic E-state index is 13.8. The first-order valence-corrected chi connectivity index (χ1v) is 20.6. The molecule has 4 atom stereocenters. The number of nitrogens with one attached hydrogen (secondary N) is 2. The number of carbonyl (C=O) groups is 4. The number of methoxy groups -OCH3 is 2. The average Bonchev–Trinajstić information content (AvgIpc) is 4.01. The van der Waals surface area contributed by atoms with E-state index in [1.54, 1.807) is 22.7 Å². The number of likely N-dealkylation sites (tertiary alicyclic amines) is 2. The Kier molecular flexibility index (Phi) is 12.2. The van der Waals surface area contributed by atoms with Gasteiger partial charge in [-0.2, -0.15) is 0 Å². The minimum absolute atomic E-state index is 0.124. The monoisotopic (exact) mass is 800 g/mol. The first-order valence-electron chi connectivity index (χ1n) is 19.0. The van der Waals surface area contributed by atoms with Gasteiger partial charge in [0, 0.05) is 25.5 Å². The van der Waals surface area contributed by atoms with E-state index in [4.69, 9.17) is 19.4 Å². The number of thiazole rings is 2. The topological polar surface area (TPSA) is 143 Å². The van der Waals surface area contributed by atoms with Crippen LogP contribution in [0, 0.1) is 10.8 Å². The van der Waals surface area contributed by atoms with E-state index in [1.165, 1.54) is 14.2 Å². The quantitative estimate of drug-likeness (QED) is 0.172. The summed E-state index contributed by atoms with van der Waals surface area (Å²) in [5.41, 5.74) is 3.28. The summed E-state index contributed by atoms with van der Waals surface area (Å²) in [4.78, 5) is 67.0. The molecule has 2 aliphatic rings. The van der Waals surface area contributed by atoms with Crippen molar-refractivity contribution in [3.63, 3.8) is 0 Å². The van der Waals surface area contributed by atoms with Gasteiger partial charge >= 0.3 is 12.2 Å². The molecule has 4 amide bonds. The molecule has 2 aliphatic heterocycles. The van der Waals surface area contributed by atoms with Crippen molar-refractivity contribution in [2.24, 2.45) is 10.8 Å². The summed E-state index contributed by atoms with van der Waals surface area (Å²) in [6.45, 7) is 12.8. The number of benzene rings is 2. The number of hydrogen-bond acceptors (Lipinski definition) is 10. The average molecular weight is 801 g/mol. The number of hydrogen-bond donors (Lipinski definition) is 2. The third-order valence-electron chi connectivity index (χ3n) is 10.5. The summed E-state index contributed by atoms with van der Waals surface area (Å²) in [6.07, 6.45) is 5.89. The fourth-order valence-corrected chi connectivity index (χ4v) is 9.50. The lowest BCUT2D eigenvalue weighted by atomic mass is 9.85. The molecule has 298 valence electrons. The van der Waals surface area contributed by atoms with Gasteiger partial charge in [0.15, 0.2) is 0 Å². The van der Waals surface area contributed by atoms with Gasteiger partial charge in [0.05, 0.1) is 36.1 Å². The fourth-order valence-electron chi connectivity index (χ4n) is 7.36. The van der Waals surface area contributed by atoms with Crippen LogP contribution in [-0.4, -0.2) is 83.2 Å². The highest BCUT2D eigenvalue weighted by Crippen LogP contribution is 2.41. The molecular weight excluding hydrogens is 749 g/mol. The van der Waals surface area contributed by atoms with Gasteiger partial charge in [-0.05, 0) is 58.8 Å². The lowest BCUT2D eigenvalue weighted by Crippen LogP contribution is -2.54. The summed E-state index contributed by atoms with van der Waals surface area (Å²) in [7, 11) is 2.60. The third-order valence-corrected chi connectivity index (χ3v) is 12.8. The predicted molar refractivity (Wildman–Crippen MR) is 219 cm³/mol. The van der Waals surface area contributed by atoms with Crippen LogP contribution >= 0.6 is 22.7 Å². The Balaban J connectivity index is 1.12. The molecule has 56 heavy (non-hydrogen) atoms. The highest BCUT2D eigenvalue weighted by atomic mass is 32.1. The van der Waals surface area contributed by atoms with Crippen molar-refractivity contribution in [3.8, 4) is 32.0 Å². The van der Waals surface area contributed by atoms with E-state index in [-0.39, 0.29) is 23.9 Å². The standard InChI is InChI=1S/C42H52N6O6S2/c1-41(2,3)33(45-39(51)53-7)37(49)47-21-9-11-29(47)35-43-23-31(55-35)27-17-13-25(14-18-27)26-15-19-28(20-16-26)32-24-44-36(56-32)30-12-10-22-48(30)38(50)34(42(4,5)6)46-40(52)54-8/h13-20,23-24,29-30,33-34H,9-12,21-22H2,1-8H3,(H,45,51)(H,46,52)/t29-,30-,33+,34+/m0/s1. The highest BCUT2D eigenvalue weighted by Gasteiger charge is 2.42. The lowest BCUT2D eigenvalue weighted by Gasteiger charge is -2.34. The van der Waals surface area contributed by atoms with Crippen molar-refractivity contribution >= 4 is 46.7 Å². The molecule has 0 bridgehead atoms. The van der Waals surface area contributed by atoms with Crippen molar-refractivity contribution in [1.82, 2.24) is 30.4 Å². The predicted octanol–water partition coefficient (Wildman–Crippen LogP) is 8.47. The molecule has 2 fully saturated rings. The second-order valence-electron chi connectivity index (χ2n) is 16.5. The number of aromatic nitrogens is 2. The summed E-state index contributed by atoms with van der Waals surface area (Å²) < 4.78 is 9.61. The van der Waals surface area contributed by atoms with Gasteiger partial charge in [0.2, 0.25) is 11.8 Å². The van der Waals surface area contributed by atoms with Crippen LogP contribution in [0.2, 0.25) is 0 Å². The molecule has 4 heterocycles. The van der Waals surface area contributed by atoms with Gasteiger partial charge in [0.1, 0.15) is 22.1 Å². The summed E-state index contributed by atoms with van der Waals surface area (Å²) in [6, 6.07) is 15.1. The Morgan fingerprint density at radius 2 is 0.964 bits per heavy atom. The van der Waals surface area contributed by atoms with Crippen LogP contribution in [0.3, 0.4) is 0 Å². The Bertz CT molecular complexity index is 1890. The molecule has 4 aromatic rings.